The van der Waals surface area contributed by atoms with Crippen LogP contribution in [0.3, 0.4) is 0 Å². The summed E-state index contributed by atoms with van der Waals surface area (Å²) in [6.07, 6.45) is 0. The lowest BCUT2D eigenvalue weighted by Crippen LogP contribution is -2.41. The van der Waals surface area contributed by atoms with Gasteiger partial charge < -0.3 is 13.7 Å². The van der Waals surface area contributed by atoms with Gasteiger partial charge in [-0.1, -0.05) is 0 Å². The highest BCUT2D eigenvalue weighted by molar-refractivity contribution is 6.60. The lowest BCUT2D eigenvalue weighted by atomic mass is 9.85. The van der Waals surface area contributed by atoms with E-state index in [-0.39, 0.29) is 11.4 Å². The zero-order chi connectivity index (χ0) is 15.3. The van der Waals surface area contributed by atoms with Gasteiger partial charge in [-0.15, -0.1) is 0 Å². The van der Waals surface area contributed by atoms with Gasteiger partial charge in [0.25, 0.3) is 0 Å². The van der Waals surface area contributed by atoms with Crippen molar-refractivity contribution in [2.45, 2.75) is 45.7 Å². The molecule has 1 saturated heterocycles. The summed E-state index contributed by atoms with van der Waals surface area (Å²) >= 11 is 0. The molecule has 1 aliphatic rings. The van der Waals surface area contributed by atoms with Gasteiger partial charge in [0.15, 0.2) is 5.43 Å². The minimum atomic E-state index is -2.49. The Labute approximate surface area is 105 Å². The summed E-state index contributed by atoms with van der Waals surface area (Å²) in [5.41, 5.74) is -1.56. The minimum absolute atomic E-state index is 0.0716. The van der Waals surface area contributed by atoms with Crippen molar-refractivity contribution in [3.8, 4) is 0 Å². The maximum atomic E-state index is 11.6. The molecule has 0 amide bonds. The van der Waals surface area contributed by atoms with E-state index in [1.807, 2.05) is 27.7 Å². The summed E-state index contributed by atoms with van der Waals surface area (Å²) in [6, 6.07) is 2.15. The van der Waals surface area contributed by atoms with E-state index in [4.69, 9.17) is 17.8 Å². The van der Waals surface area contributed by atoms with Gasteiger partial charge in [0.2, 0.25) is 0 Å². The largest absolute Gasteiger partial charge is 0.532 e. The lowest BCUT2D eigenvalue weighted by Gasteiger charge is -2.32. The quantitative estimate of drug-likeness (QED) is 0.692. The Balaban J connectivity index is 2.41. The monoisotopic (exact) mass is 239 g/mol. The first-order chi connectivity index (χ1) is 8.92. The van der Waals surface area contributed by atoms with Gasteiger partial charge in [-0.3, -0.25) is 4.79 Å². The van der Waals surface area contributed by atoms with Crippen LogP contribution in [0.5, 0.6) is 0 Å². The van der Waals surface area contributed by atoms with E-state index in [1.54, 1.807) is 0 Å². The highest BCUT2D eigenvalue weighted by atomic mass is 16.7. The van der Waals surface area contributed by atoms with E-state index in [0.717, 1.165) is 6.07 Å². The van der Waals surface area contributed by atoms with E-state index in [1.165, 1.54) is 6.07 Å². The van der Waals surface area contributed by atoms with Crippen LogP contribution in [0.2, 0.25) is 0 Å². The van der Waals surface area contributed by atoms with E-state index >= 15 is 0 Å². The van der Waals surface area contributed by atoms with Crippen LogP contribution in [0.1, 0.15) is 37.6 Å². The van der Waals surface area contributed by atoms with Gasteiger partial charge in [-0.2, -0.15) is 0 Å². The summed E-state index contributed by atoms with van der Waals surface area (Å²) in [4.78, 5) is 11.6. The molecule has 0 aliphatic carbocycles. The molecule has 2 heterocycles. The molecule has 0 aromatic carbocycles. The molecule has 5 heteroatoms. The van der Waals surface area contributed by atoms with Crippen molar-refractivity contribution in [2.75, 3.05) is 0 Å². The smallest absolute Gasteiger partial charge is 0.470 e. The van der Waals surface area contributed by atoms with Crippen LogP contribution in [0.15, 0.2) is 21.3 Å². The summed E-state index contributed by atoms with van der Waals surface area (Å²) < 4.78 is 38.7. The second-order valence-electron chi connectivity index (χ2n) is 5.15. The molecule has 0 radical (unpaired) electrons. The fourth-order valence-electron chi connectivity index (χ4n) is 1.57. The maximum absolute atomic E-state index is 11.6. The Hall–Kier alpha value is -1.07. The molecule has 1 aromatic rings. The van der Waals surface area contributed by atoms with Gasteiger partial charge in [-0.25, -0.2) is 0 Å². The molecule has 4 nitrogen and oxygen atoms in total. The molecule has 0 N–H and O–H groups in total. The van der Waals surface area contributed by atoms with Gasteiger partial charge in [-0.05, 0) is 34.5 Å². The summed E-state index contributed by atoms with van der Waals surface area (Å²) in [5.74, 6) is -0.366. The Morgan fingerprint density at radius 3 is 2.29 bits per heavy atom. The first-order valence-corrected chi connectivity index (χ1v) is 5.44. The van der Waals surface area contributed by atoms with Crippen molar-refractivity contribution >= 4 is 12.8 Å². The molecule has 2 rings (SSSR count). The van der Waals surface area contributed by atoms with Crippen molar-refractivity contribution in [1.29, 1.82) is 0 Å². The maximum Gasteiger partial charge on any atom is 0.532 e. The molecule has 0 atom stereocenters. The molecule has 92 valence electrons. The molecule has 0 unspecified atom stereocenters. The van der Waals surface area contributed by atoms with Crippen LogP contribution in [-0.2, 0) is 9.31 Å². The average Bonchev–Trinajstić information content (AvgIpc) is 2.46. The van der Waals surface area contributed by atoms with Crippen molar-refractivity contribution in [1.82, 2.24) is 0 Å². The first-order valence-electron chi connectivity index (χ1n) is 6.94. The Kier molecular flexibility index (Phi) is 1.96. The van der Waals surface area contributed by atoms with E-state index in [0.29, 0.717) is 0 Å². The molecule has 0 spiro atoms. The highest BCUT2D eigenvalue weighted by Gasteiger charge is 2.53. The van der Waals surface area contributed by atoms with E-state index in [2.05, 4.69) is 0 Å². The van der Waals surface area contributed by atoms with Crippen LogP contribution in [0.4, 0.5) is 0 Å². The normalized spacial score (nSPS) is 25.2. The van der Waals surface area contributed by atoms with E-state index in [9.17, 15) is 4.79 Å². The van der Waals surface area contributed by atoms with Gasteiger partial charge in [0, 0.05) is 16.2 Å². The number of hydrogen-bond acceptors (Lipinski definition) is 4. The van der Waals surface area contributed by atoms with Gasteiger partial charge >= 0.3 is 7.12 Å². The topological polar surface area (TPSA) is 48.7 Å². The Morgan fingerprint density at radius 2 is 1.76 bits per heavy atom. The molecule has 0 saturated carbocycles. The fourth-order valence-corrected chi connectivity index (χ4v) is 1.57. The third-order valence-electron chi connectivity index (χ3n) is 3.27. The molecular weight excluding hydrogens is 219 g/mol. The molecule has 1 fully saturated rings. The average molecular weight is 239 g/mol. The van der Waals surface area contributed by atoms with Crippen LogP contribution in [0.25, 0.3) is 0 Å². The van der Waals surface area contributed by atoms with Crippen LogP contribution < -0.4 is 11.1 Å². The van der Waals surface area contributed by atoms with Crippen molar-refractivity contribution in [2.24, 2.45) is 0 Å². The Morgan fingerprint density at radius 1 is 1.18 bits per heavy atom. The first kappa shape index (κ1) is 8.94. The third-order valence-corrected chi connectivity index (χ3v) is 3.27. The standard InChI is InChI=1S/C12H17BO4/c1-8-6-9(14)7-10(15-8)13-16-11(2,3)12(4,5)17-13/h6-7H,1-5H3/i1D3. The second kappa shape index (κ2) is 3.72. The van der Waals surface area contributed by atoms with Crippen LogP contribution in [-0.4, -0.2) is 18.3 Å². The van der Waals surface area contributed by atoms with Crippen LogP contribution >= 0.6 is 0 Å². The predicted octanol–water partition coefficient (Wildman–Crippen LogP) is 1.25. The number of aryl methyl sites for hydroxylation is 1. The van der Waals surface area contributed by atoms with Crippen molar-refractivity contribution in [3.63, 3.8) is 0 Å². The molecule has 1 aromatic heterocycles. The fraction of sp³-hybridized carbons (Fsp3) is 0.583. The number of hydrogen-bond donors (Lipinski definition) is 0. The third kappa shape index (κ3) is 2.17. The summed E-state index contributed by atoms with van der Waals surface area (Å²) in [6.45, 7) is 4.95. The zero-order valence-electron chi connectivity index (χ0n) is 13.4. The zero-order valence-corrected chi connectivity index (χ0v) is 10.4. The summed E-state index contributed by atoms with van der Waals surface area (Å²) in [5, 5.41) is 0. The molecule has 17 heavy (non-hydrogen) atoms. The molecule has 1 aliphatic heterocycles. The predicted molar refractivity (Wildman–Crippen MR) is 65.4 cm³/mol. The molecular formula is C12H17BO4. The van der Waals surface area contributed by atoms with Crippen molar-refractivity contribution < 1.29 is 17.8 Å². The van der Waals surface area contributed by atoms with Gasteiger partial charge in [0.05, 0.1) is 11.2 Å². The highest BCUT2D eigenvalue weighted by Crippen LogP contribution is 2.36. The van der Waals surface area contributed by atoms with Crippen molar-refractivity contribution in [3.05, 3.63) is 28.1 Å². The van der Waals surface area contributed by atoms with Crippen LogP contribution in [0, 0.1) is 6.85 Å². The lowest BCUT2D eigenvalue weighted by molar-refractivity contribution is 0.00578. The summed E-state index contributed by atoms with van der Waals surface area (Å²) in [7, 11) is -0.894. The SMILES string of the molecule is [2H]C([2H])([2H])c1cc(=O)cc(B2OC(C)(C)C(C)(C)O2)o1. The second-order valence-corrected chi connectivity index (χ2v) is 5.15. The van der Waals surface area contributed by atoms with Gasteiger partial charge in [0.1, 0.15) is 11.4 Å². The molecule has 0 bridgehead atoms. The number of rotatable bonds is 1. The minimum Gasteiger partial charge on any atom is -0.470 e. The van der Waals surface area contributed by atoms with E-state index < -0.39 is 30.6 Å². The Bertz CT molecular complexity index is 561.